The van der Waals surface area contributed by atoms with E-state index in [9.17, 15) is 0 Å². The fourth-order valence-electron chi connectivity index (χ4n) is 0. The van der Waals surface area contributed by atoms with Gasteiger partial charge in [0.05, 0.1) is 0 Å². The van der Waals surface area contributed by atoms with Gasteiger partial charge in [-0.05, 0) is 0 Å². The van der Waals surface area contributed by atoms with Crippen LogP contribution in [0.5, 0.6) is 0 Å². The van der Waals surface area contributed by atoms with E-state index in [0.29, 0.717) is 0 Å². The van der Waals surface area contributed by atoms with Crippen LogP contribution in [0.3, 0.4) is 0 Å². The molecule has 0 aromatic rings. The summed E-state index contributed by atoms with van der Waals surface area (Å²) in [6, 6.07) is 0. The van der Waals surface area contributed by atoms with Crippen molar-refractivity contribution in [2.24, 2.45) is 0 Å². The van der Waals surface area contributed by atoms with Gasteiger partial charge in [-0.1, -0.05) is 62.8 Å². The van der Waals surface area contributed by atoms with Crippen LogP contribution in [0.15, 0.2) is 0 Å². The molecule has 0 nitrogen and oxygen atoms in total. The second kappa shape index (κ2) is 554. The first-order valence-electron chi connectivity index (χ1n) is 4.00. The first kappa shape index (κ1) is 67.3. The van der Waals surface area contributed by atoms with Crippen LogP contribution in [0.1, 0.15) is 62.8 Å². The van der Waals surface area contributed by atoms with Gasteiger partial charge >= 0.3 is 0 Å². The number of rotatable bonds is 0. The van der Waals surface area contributed by atoms with Gasteiger partial charge in [0, 0.05) is 53.8 Å². The molecule has 0 aromatic carbocycles. The van der Waals surface area contributed by atoms with Gasteiger partial charge in [-0.15, -0.1) is 0 Å². The average molecular weight is 424 g/mol. The van der Waals surface area contributed by atoms with Gasteiger partial charge < -0.3 is 7.43 Å². The van der Waals surface area contributed by atoms with Gasteiger partial charge in [0.1, 0.15) is 0 Å². The van der Waals surface area contributed by atoms with Crippen molar-refractivity contribution in [3.8, 4) is 0 Å². The Morgan fingerprint density at radius 2 is 0.500 bits per heavy atom. The van der Waals surface area contributed by atoms with Crippen molar-refractivity contribution in [1.29, 1.82) is 0 Å². The van der Waals surface area contributed by atoms with Crippen molar-refractivity contribution in [1.82, 2.24) is 0 Å². The summed E-state index contributed by atoms with van der Waals surface area (Å²) < 4.78 is 0. The monoisotopic (exact) mass is 424 g/mol. The fraction of sp³-hybridized carbons (Fsp3) is 0.900. The third-order valence-electron chi connectivity index (χ3n) is 0. The minimum Gasteiger partial charge on any atom is -0.358 e. The van der Waals surface area contributed by atoms with Crippen LogP contribution in [0.25, 0.3) is 0 Å². The van der Waals surface area contributed by atoms with E-state index in [1.807, 2.05) is 55.4 Å². The molecular formula is C10H31WY-. The zero-order valence-electron chi connectivity index (χ0n) is 9.99. The Labute approximate surface area is 123 Å². The second-order valence-corrected chi connectivity index (χ2v) is 0. The Bertz CT molecular complexity index is 9.80. The molecule has 81 valence electrons. The van der Waals surface area contributed by atoms with Crippen molar-refractivity contribution in [2.45, 2.75) is 62.8 Å². The van der Waals surface area contributed by atoms with Gasteiger partial charge in [0.2, 0.25) is 0 Å². The van der Waals surface area contributed by atoms with E-state index >= 15 is 0 Å². The maximum atomic E-state index is 2.00. The molecule has 0 aliphatic rings. The molecule has 0 unspecified atom stereocenters. The summed E-state index contributed by atoms with van der Waals surface area (Å²) in [6.07, 6.45) is 0. The number of hydrogen-bond donors (Lipinski definition) is 0. The van der Waals surface area contributed by atoms with Crippen LogP contribution in [0, 0.1) is 7.43 Å². The van der Waals surface area contributed by atoms with E-state index in [2.05, 4.69) is 0 Å². The first-order valence-corrected chi connectivity index (χ1v) is 4.00. The Kier molecular flexibility index (Phi) is 3100. The van der Waals surface area contributed by atoms with Crippen molar-refractivity contribution >= 4 is 0 Å². The molecule has 0 bridgehead atoms. The first-order chi connectivity index (χ1) is 4.00. The Balaban J connectivity index is -0.00000000267. The standard InChI is InChI=1S/4C2H6.CH4.CH3.W.Y/c4*1-2;;;;/h4*1-2H3;1H4;1H3;;/q;;;;;-1;;. The third kappa shape index (κ3) is 428. The van der Waals surface area contributed by atoms with Gasteiger partial charge in [0.25, 0.3) is 0 Å². The van der Waals surface area contributed by atoms with Crippen molar-refractivity contribution in [3.05, 3.63) is 7.43 Å². The van der Waals surface area contributed by atoms with E-state index in [4.69, 9.17) is 0 Å². The Morgan fingerprint density at radius 3 is 0.500 bits per heavy atom. The van der Waals surface area contributed by atoms with E-state index in [1.165, 1.54) is 0 Å². The van der Waals surface area contributed by atoms with Crippen LogP contribution < -0.4 is 0 Å². The summed E-state index contributed by atoms with van der Waals surface area (Å²) >= 11 is 0. The van der Waals surface area contributed by atoms with Gasteiger partial charge in [0.15, 0.2) is 0 Å². The van der Waals surface area contributed by atoms with Gasteiger partial charge in [-0.2, -0.15) is 0 Å². The molecule has 1 radical (unpaired) electrons. The van der Waals surface area contributed by atoms with Crippen LogP contribution in [-0.2, 0) is 53.8 Å². The molecule has 0 heterocycles. The molecule has 0 spiro atoms. The molecule has 0 aromatic heterocycles. The predicted octanol–water partition coefficient (Wildman–Crippen LogP) is 5.19. The average Bonchev–Trinajstić information content (AvgIpc) is 2.03. The fourth-order valence-corrected chi connectivity index (χ4v) is 0. The molecule has 0 fully saturated rings. The van der Waals surface area contributed by atoms with Crippen LogP contribution >= 0.6 is 0 Å². The summed E-state index contributed by atoms with van der Waals surface area (Å²) in [5, 5.41) is 0. The largest absolute Gasteiger partial charge is 0.358 e. The second-order valence-electron chi connectivity index (χ2n) is 0. The van der Waals surface area contributed by atoms with Gasteiger partial charge in [-0.3, -0.25) is 0 Å². The molecule has 2 heteroatoms. The van der Waals surface area contributed by atoms with E-state index in [-0.39, 0.29) is 68.6 Å². The summed E-state index contributed by atoms with van der Waals surface area (Å²) in [5.74, 6) is 0. The smallest absolute Gasteiger partial charge is 0 e. The Morgan fingerprint density at radius 1 is 0.500 bits per heavy atom. The van der Waals surface area contributed by atoms with E-state index in [1.54, 1.807) is 0 Å². The van der Waals surface area contributed by atoms with Crippen LogP contribution in [0.4, 0.5) is 0 Å². The maximum absolute atomic E-state index is 2.00. The molecule has 0 saturated carbocycles. The molecule has 12 heavy (non-hydrogen) atoms. The summed E-state index contributed by atoms with van der Waals surface area (Å²) in [5.41, 5.74) is 0. The Hall–Kier alpha value is 1.79. The van der Waals surface area contributed by atoms with Crippen molar-refractivity contribution in [3.63, 3.8) is 0 Å². The summed E-state index contributed by atoms with van der Waals surface area (Å²) in [6.45, 7) is 16.0. The van der Waals surface area contributed by atoms with Gasteiger partial charge in [-0.25, -0.2) is 0 Å². The minimum absolute atomic E-state index is 0. The van der Waals surface area contributed by atoms with E-state index < -0.39 is 0 Å². The topological polar surface area (TPSA) is 0 Å². The molecule has 0 saturated heterocycles. The number of hydrogen-bond acceptors (Lipinski definition) is 0. The van der Waals surface area contributed by atoms with Crippen molar-refractivity contribution < 1.29 is 53.8 Å². The van der Waals surface area contributed by atoms with Crippen LogP contribution in [-0.4, -0.2) is 0 Å². The van der Waals surface area contributed by atoms with Crippen molar-refractivity contribution in [2.75, 3.05) is 0 Å². The van der Waals surface area contributed by atoms with E-state index in [0.717, 1.165) is 0 Å². The van der Waals surface area contributed by atoms with Crippen LogP contribution in [0.2, 0.25) is 0 Å². The zero-order valence-corrected chi connectivity index (χ0v) is 15.8. The maximum Gasteiger partial charge on any atom is 0 e. The molecule has 0 aliphatic carbocycles. The predicted molar refractivity (Wildman–Crippen MR) is 58.5 cm³/mol. The molecule has 0 atom stereocenters. The summed E-state index contributed by atoms with van der Waals surface area (Å²) in [7, 11) is 0. The molecule has 0 aliphatic heterocycles. The summed E-state index contributed by atoms with van der Waals surface area (Å²) in [4.78, 5) is 0. The molecular weight excluding hydrogens is 393 g/mol. The quantitative estimate of drug-likeness (QED) is 0.470. The third-order valence-corrected chi connectivity index (χ3v) is 0. The molecule has 0 N–H and O–H groups in total. The molecule has 0 amide bonds. The minimum atomic E-state index is 0. The normalized spacial score (nSPS) is 2.00. The molecule has 0 rings (SSSR count). The SMILES string of the molecule is C.CC.CC.CC.CC.[CH3-].[W].[Y]. The zero-order chi connectivity index (χ0) is 8.00.